The normalized spacial score (nSPS) is 12.1. The summed E-state index contributed by atoms with van der Waals surface area (Å²) in [5.74, 6) is 0.487. The van der Waals surface area contributed by atoms with E-state index in [0.29, 0.717) is 5.92 Å². The zero-order valence-electron chi connectivity index (χ0n) is 21.1. The first-order valence-electron chi connectivity index (χ1n) is 11.9. The summed E-state index contributed by atoms with van der Waals surface area (Å²) in [6, 6.07) is 13.3. The van der Waals surface area contributed by atoms with Gasteiger partial charge in [-0.15, -0.1) is 13.2 Å². The van der Waals surface area contributed by atoms with Crippen molar-refractivity contribution in [3.05, 3.63) is 79.0 Å². The molecule has 0 N–H and O–H groups in total. The maximum absolute atomic E-state index is 5.07. The first kappa shape index (κ1) is 25.4. The SMILES string of the molecule is C=C.C=Cc1cc(C(C)CCC)c2c(c1)cc(C(C)(C)C)c1c2nn2ccccc12.CC. The monoisotopic (exact) mass is 428 g/mol. The van der Waals surface area contributed by atoms with Gasteiger partial charge in [-0.25, -0.2) is 4.52 Å². The highest BCUT2D eigenvalue weighted by Crippen LogP contribution is 2.41. The molecule has 0 aliphatic carbocycles. The molecule has 170 valence electrons. The molecule has 0 aliphatic heterocycles. The second-order valence-electron chi connectivity index (χ2n) is 9.03. The van der Waals surface area contributed by atoms with Crippen LogP contribution in [-0.2, 0) is 5.41 Å². The zero-order chi connectivity index (χ0) is 24.1. The fourth-order valence-electron chi connectivity index (χ4n) is 4.45. The number of nitrogens with zero attached hydrogens (tertiary/aromatic N) is 2. The number of hydrogen-bond donors (Lipinski definition) is 0. The third-order valence-electron chi connectivity index (χ3n) is 5.86. The molecule has 1 atom stereocenters. The van der Waals surface area contributed by atoms with Gasteiger partial charge in [-0.2, -0.15) is 5.10 Å². The van der Waals surface area contributed by atoms with Crippen LogP contribution in [0.1, 0.15) is 83.9 Å². The lowest BCUT2D eigenvalue weighted by molar-refractivity contribution is 0.597. The first-order valence-corrected chi connectivity index (χ1v) is 11.9. The molecule has 0 aliphatic rings. The van der Waals surface area contributed by atoms with E-state index < -0.39 is 0 Å². The van der Waals surface area contributed by atoms with Gasteiger partial charge in [-0.3, -0.25) is 0 Å². The summed E-state index contributed by atoms with van der Waals surface area (Å²) in [7, 11) is 0. The molecule has 4 aromatic rings. The van der Waals surface area contributed by atoms with E-state index in [-0.39, 0.29) is 5.41 Å². The van der Waals surface area contributed by atoms with E-state index in [4.69, 9.17) is 5.10 Å². The van der Waals surface area contributed by atoms with Gasteiger partial charge in [0.05, 0.1) is 5.52 Å². The minimum absolute atomic E-state index is 0.0329. The standard InChI is InChI=1S/C26H30N2.C2H6.C2H4/c1-7-11-17(3)20-15-18(8-2)14-19-16-21(26(4,5)6)24-22-12-9-10-13-28(22)27-25(24)23(19)20;2*1-2/h8-10,12-17H,2,7,11H2,1,3-6H3;1-2H3;1-2H2. The average molecular weight is 429 g/mol. The van der Waals surface area contributed by atoms with Crippen molar-refractivity contribution < 1.29 is 0 Å². The van der Waals surface area contributed by atoms with Crippen molar-refractivity contribution in [3.8, 4) is 0 Å². The van der Waals surface area contributed by atoms with Crippen molar-refractivity contribution in [3.63, 3.8) is 0 Å². The van der Waals surface area contributed by atoms with Crippen LogP contribution < -0.4 is 0 Å². The molecule has 0 saturated carbocycles. The van der Waals surface area contributed by atoms with E-state index in [0.717, 1.165) is 5.52 Å². The Morgan fingerprint density at radius 1 is 1.06 bits per heavy atom. The van der Waals surface area contributed by atoms with Crippen LogP contribution in [0.2, 0.25) is 0 Å². The molecule has 0 radical (unpaired) electrons. The van der Waals surface area contributed by atoms with Gasteiger partial charge in [0.15, 0.2) is 0 Å². The quantitative estimate of drug-likeness (QED) is 0.296. The van der Waals surface area contributed by atoms with E-state index in [1.54, 1.807) is 0 Å². The summed E-state index contributed by atoms with van der Waals surface area (Å²) >= 11 is 0. The molecule has 0 spiro atoms. The molecule has 2 nitrogen and oxygen atoms in total. The second kappa shape index (κ2) is 10.6. The number of rotatable bonds is 4. The van der Waals surface area contributed by atoms with Crippen LogP contribution >= 0.6 is 0 Å². The van der Waals surface area contributed by atoms with Gasteiger partial charge in [0.1, 0.15) is 5.52 Å². The molecule has 0 bridgehead atoms. The maximum atomic E-state index is 5.07. The minimum atomic E-state index is 0.0329. The van der Waals surface area contributed by atoms with E-state index >= 15 is 0 Å². The Morgan fingerprint density at radius 2 is 1.75 bits per heavy atom. The highest BCUT2D eigenvalue weighted by atomic mass is 15.2. The predicted molar refractivity (Wildman–Crippen MR) is 145 cm³/mol. The summed E-state index contributed by atoms with van der Waals surface area (Å²) in [6.07, 6.45) is 6.37. The Kier molecular flexibility index (Phi) is 8.44. The Hall–Kier alpha value is -2.87. The van der Waals surface area contributed by atoms with Crippen LogP contribution in [0.4, 0.5) is 0 Å². The van der Waals surface area contributed by atoms with Crippen molar-refractivity contribution >= 4 is 33.3 Å². The van der Waals surface area contributed by atoms with Crippen molar-refractivity contribution in [1.29, 1.82) is 0 Å². The summed E-state index contributed by atoms with van der Waals surface area (Å²) in [4.78, 5) is 0. The molecule has 0 amide bonds. The van der Waals surface area contributed by atoms with Crippen LogP contribution in [0.3, 0.4) is 0 Å². The number of fused-ring (bicyclic) bond motifs is 5. The van der Waals surface area contributed by atoms with Crippen LogP contribution in [0, 0.1) is 0 Å². The van der Waals surface area contributed by atoms with Crippen molar-refractivity contribution in [2.45, 2.75) is 72.6 Å². The molecule has 4 rings (SSSR count). The average Bonchev–Trinajstić information content (AvgIpc) is 3.19. The van der Waals surface area contributed by atoms with Crippen LogP contribution in [0.25, 0.3) is 33.3 Å². The van der Waals surface area contributed by atoms with Crippen molar-refractivity contribution in [2.75, 3.05) is 0 Å². The third-order valence-corrected chi connectivity index (χ3v) is 5.86. The molecule has 2 aromatic heterocycles. The largest absolute Gasteiger partial charge is 0.240 e. The van der Waals surface area contributed by atoms with E-state index in [1.165, 1.54) is 51.2 Å². The van der Waals surface area contributed by atoms with E-state index in [1.807, 2.05) is 30.5 Å². The highest BCUT2D eigenvalue weighted by Gasteiger charge is 2.24. The molecular formula is C30H40N2. The van der Waals surface area contributed by atoms with Crippen molar-refractivity contribution in [2.24, 2.45) is 0 Å². The number of pyridine rings is 1. The number of hydrogen-bond acceptors (Lipinski definition) is 1. The molecule has 0 saturated heterocycles. The molecule has 0 fully saturated rings. The van der Waals surface area contributed by atoms with Gasteiger partial charge in [-0.05, 0) is 64.1 Å². The van der Waals surface area contributed by atoms with Gasteiger partial charge in [-0.1, -0.05) is 79.7 Å². The summed E-state index contributed by atoms with van der Waals surface area (Å²) in [6.45, 7) is 25.5. The predicted octanol–water partition coefficient (Wildman–Crippen LogP) is 9.31. The van der Waals surface area contributed by atoms with Gasteiger partial charge in [0, 0.05) is 17.0 Å². The molecular weight excluding hydrogens is 388 g/mol. The van der Waals surface area contributed by atoms with Crippen LogP contribution in [0.15, 0.2) is 62.3 Å². The number of benzene rings is 2. The molecule has 1 unspecified atom stereocenters. The Bertz CT molecular complexity index is 1200. The minimum Gasteiger partial charge on any atom is -0.240 e. The smallest absolute Gasteiger partial charge is 0.102 e. The molecule has 2 heteroatoms. The third kappa shape index (κ3) is 4.65. The van der Waals surface area contributed by atoms with E-state index in [2.05, 4.69) is 90.9 Å². The summed E-state index contributed by atoms with van der Waals surface area (Å²) in [5, 5.41) is 8.93. The van der Waals surface area contributed by atoms with Crippen molar-refractivity contribution in [1.82, 2.24) is 9.61 Å². The highest BCUT2D eigenvalue weighted by molar-refractivity contribution is 6.14. The summed E-state index contributed by atoms with van der Waals surface area (Å²) < 4.78 is 2.04. The lowest BCUT2D eigenvalue weighted by Gasteiger charge is -2.23. The molecule has 2 heterocycles. The maximum Gasteiger partial charge on any atom is 0.102 e. The fourth-order valence-corrected chi connectivity index (χ4v) is 4.45. The molecule has 2 aromatic carbocycles. The Balaban J connectivity index is 0.000000860. The van der Waals surface area contributed by atoms with Gasteiger partial charge < -0.3 is 0 Å². The van der Waals surface area contributed by atoms with Gasteiger partial charge in [0.2, 0.25) is 0 Å². The lowest BCUT2D eigenvalue weighted by atomic mass is 9.81. The van der Waals surface area contributed by atoms with Crippen LogP contribution in [-0.4, -0.2) is 9.61 Å². The fraction of sp³-hybridized carbons (Fsp3) is 0.367. The number of aromatic nitrogens is 2. The first-order chi connectivity index (χ1) is 15.3. The Morgan fingerprint density at radius 3 is 2.34 bits per heavy atom. The van der Waals surface area contributed by atoms with Crippen LogP contribution in [0.5, 0.6) is 0 Å². The van der Waals surface area contributed by atoms with Gasteiger partial charge in [0.25, 0.3) is 0 Å². The Labute approximate surface area is 194 Å². The lowest BCUT2D eigenvalue weighted by Crippen LogP contribution is -2.12. The topological polar surface area (TPSA) is 17.3 Å². The summed E-state index contributed by atoms with van der Waals surface area (Å²) in [5.41, 5.74) is 6.28. The molecule has 32 heavy (non-hydrogen) atoms. The van der Waals surface area contributed by atoms with Gasteiger partial charge >= 0.3 is 0 Å². The van der Waals surface area contributed by atoms with E-state index in [9.17, 15) is 0 Å². The zero-order valence-corrected chi connectivity index (χ0v) is 21.1. The second-order valence-corrected chi connectivity index (χ2v) is 9.03.